The van der Waals surface area contributed by atoms with E-state index in [0.29, 0.717) is 28.5 Å². The van der Waals surface area contributed by atoms with E-state index in [4.69, 9.17) is 11.6 Å². The van der Waals surface area contributed by atoms with E-state index < -0.39 is 0 Å². The largest absolute Gasteiger partial charge is 0.322 e. The van der Waals surface area contributed by atoms with Crippen LogP contribution in [0, 0.1) is 11.8 Å². The molecule has 0 unspecified atom stereocenters. The normalized spacial score (nSPS) is 10.2. The maximum atomic E-state index is 12.6. The molecular weight excluding hydrogens is 396 g/mol. The smallest absolute Gasteiger partial charge is 0.258 e. The molecule has 0 fully saturated rings. The van der Waals surface area contributed by atoms with E-state index in [9.17, 15) is 4.79 Å². The molecule has 146 valence electrons. The summed E-state index contributed by atoms with van der Waals surface area (Å²) in [5.41, 5.74) is 3.54. The topological polar surface area (TPSA) is 59.8 Å². The van der Waals surface area contributed by atoms with Gasteiger partial charge in [-0.2, -0.15) is 5.10 Å². The summed E-state index contributed by atoms with van der Waals surface area (Å²) in [6.45, 7) is 0.492. The molecule has 30 heavy (non-hydrogen) atoms. The molecule has 2 aromatic carbocycles. The van der Waals surface area contributed by atoms with Crippen molar-refractivity contribution in [2.45, 2.75) is 6.54 Å². The number of rotatable bonds is 4. The van der Waals surface area contributed by atoms with Crippen molar-refractivity contribution in [1.82, 2.24) is 14.8 Å². The summed E-state index contributed by atoms with van der Waals surface area (Å²) in [5, 5.41) is 7.82. The first-order valence-electron chi connectivity index (χ1n) is 9.28. The van der Waals surface area contributed by atoms with E-state index in [0.717, 1.165) is 11.1 Å². The second-order valence-corrected chi connectivity index (χ2v) is 6.93. The second-order valence-electron chi connectivity index (χ2n) is 6.52. The van der Waals surface area contributed by atoms with Crippen molar-refractivity contribution in [3.63, 3.8) is 0 Å². The lowest BCUT2D eigenvalue weighted by Gasteiger charge is -2.05. The number of anilines is 1. The lowest BCUT2D eigenvalue weighted by molar-refractivity contribution is 0.102. The summed E-state index contributed by atoms with van der Waals surface area (Å²) >= 11 is 6.20. The highest BCUT2D eigenvalue weighted by Gasteiger charge is 2.10. The highest BCUT2D eigenvalue weighted by Crippen LogP contribution is 2.17. The average molecular weight is 413 g/mol. The Labute approximate surface area is 179 Å². The van der Waals surface area contributed by atoms with Crippen molar-refractivity contribution in [1.29, 1.82) is 0 Å². The van der Waals surface area contributed by atoms with Crippen LogP contribution in [0.3, 0.4) is 0 Å². The fourth-order valence-electron chi connectivity index (χ4n) is 2.82. The van der Waals surface area contributed by atoms with Gasteiger partial charge in [-0.25, -0.2) is 4.98 Å². The first-order valence-corrected chi connectivity index (χ1v) is 9.65. The van der Waals surface area contributed by atoms with Gasteiger partial charge in [0.1, 0.15) is 5.69 Å². The Bertz CT molecular complexity index is 1240. The van der Waals surface area contributed by atoms with Crippen LogP contribution in [0.2, 0.25) is 5.02 Å². The molecule has 2 aromatic heterocycles. The molecule has 6 heteroatoms. The third-order valence-corrected chi connectivity index (χ3v) is 4.67. The number of hydrogen-bond donors (Lipinski definition) is 1. The summed E-state index contributed by atoms with van der Waals surface area (Å²) in [4.78, 5) is 16.8. The van der Waals surface area contributed by atoms with E-state index in [-0.39, 0.29) is 5.91 Å². The molecule has 4 rings (SSSR count). The maximum absolute atomic E-state index is 12.6. The highest BCUT2D eigenvalue weighted by molar-refractivity contribution is 6.31. The molecule has 1 amide bonds. The molecule has 1 N–H and O–H groups in total. The molecule has 4 aromatic rings. The maximum Gasteiger partial charge on any atom is 0.258 e. The summed E-state index contributed by atoms with van der Waals surface area (Å²) in [6.07, 6.45) is 4.94. The van der Waals surface area contributed by atoms with Gasteiger partial charge in [-0.15, -0.1) is 0 Å². The van der Waals surface area contributed by atoms with Gasteiger partial charge in [0.15, 0.2) is 0 Å². The van der Waals surface area contributed by atoms with Crippen molar-refractivity contribution in [2.24, 2.45) is 0 Å². The highest BCUT2D eigenvalue weighted by atomic mass is 35.5. The molecule has 0 saturated carbocycles. The van der Waals surface area contributed by atoms with Crippen molar-refractivity contribution in [3.05, 3.63) is 113 Å². The number of amides is 1. The van der Waals surface area contributed by atoms with Gasteiger partial charge < -0.3 is 5.32 Å². The zero-order valence-electron chi connectivity index (χ0n) is 15.9. The van der Waals surface area contributed by atoms with Crippen LogP contribution in [0.4, 0.5) is 5.69 Å². The van der Waals surface area contributed by atoms with Crippen LogP contribution >= 0.6 is 11.6 Å². The van der Waals surface area contributed by atoms with Crippen LogP contribution < -0.4 is 5.32 Å². The summed E-state index contributed by atoms with van der Waals surface area (Å²) < 4.78 is 1.69. The SMILES string of the molecule is O=C(Nc1cccc(C#Cc2ccccn2)c1)c1cnn(Cc2ccccc2Cl)c1. The quantitative estimate of drug-likeness (QED) is 0.497. The predicted octanol–water partition coefficient (Wildman–Crippen LogP) is 4.63. The number of halogens is 1. The Balaban J connectivity index is 1.44. The fourth-order valence-corrected chi connectivity index (χ4v) is 3.01. The van der Waals surface area contributed by atoms with Crippen molar-refractivity contribution in [2.75, 3.05) is 5.32 Å². The van der Waals surface area contributed by atoms with Gasteiger partial charge in [-0.3, -0.25) is 9.48 Å². The van der Waals surface area contributed by atoms with Crippen LogP contribution in [-0.4, -0.2) is 20.7 Å². The van der Waals surface area contributed by atoms with Gasteiger partial charge in [-0.1, -0.05) is 47.9 Å². The van der Waals surface area contributed by atoms with Crippen LogP contribution in [0.25, 0.3) is 0 Å². The molecule has 2 heterocycles. The van der Waals surface area contributed by atoms with Crippen molar-refractivity contribution >= 4 is 23.2 Å². The number of pyridine rings is 1. The number of benzene rings is 2. The van der Waals surface area contributed by atoms with Crippen LogP contribution in [-0.2, 0) is 6.54 Å². The van der Waals surface area contributed by atoms with E-state index in [2.05, 4.69) is 27.2 Å². The monoisotopic (exact) mass is 412 g/mol. The van der Waals surface area contributed by atoms with E-state index >= 15 is 0 Å². The van der Waals surface area contributed by atoms with Crippen molar-refractivity contribution < 1.29 is 4.79 Å². The van der Waals surface area contributed by atoms with Gasteiger partial charge in [0.25, 0.3) is 5.91 Å². The second kappa shape index (κ2) is 9.08. The van der Waals surface area contributed by atoms with Crippen LogP contribution in [0.15, 0.2) is 85.3 Å². The van der Waals surface area contributed by atoms with E-state index in [1.807, 2.05) is 66.7 Å². The summed E-state index contributed by atoms with van der Waals surface area (Å²) in [6, 6.07) is 20.5. The third kappa shape index (κ3) is 4.93. The predicted molar refractivity (Wildman–Crippen MR) is 117 cm³/mol. The minimum atomic E-state index is -0.241. The molecule has 0 spiro atoms. The van der Waals surface area contributed by atoms with Gasteiger partial charge in [0, 0.05) is 28.7 Å². The first-order chi connectivity index (χ1) is 14.7. The number of aromatic nitrogens is 3. The molecule has 0 atom stereocenters. The standard InChI is InChI=1S/C24H17ClN4O/c25-23-10-2-1-7-19(23)16-29-17-20(15-27-29)24(30)28-22-9-5-6-18(14-22)11-12-21-8-3-4-13-26-21/h1-10,13-15,17H,16H2,(H,28,30). The Morgan fingerprint density at radius 2 is 1.90 bits per heavy atom. The molecule has 0 aliphatic carbocycles. The minimum absolute atomic E-state index is 0.241. The van der Waals surface area contributed by atoms with Gasteiger partial charge in [0.05, 0.1) is 18.3 Å². The lowest BCUT2D eigenvalue weighted by atomic mass is 10.2. The van der Waals surface area contributed by atoms with Gasteiger partial charge in [-0.05, 0) is 47.9 Å². The Kier molecular flexibility index (Phi) is 5.88. The zero-order valence-corrected chi connectivity index (χ0v) is 16.7. The van der Waals surface area contributed by atoms with Crippen molar-refractivity contribution in [3.8, 4) is 11.8 Å². The molecule has 0 aliphatic rings. The third-order valence-electron chi connectivity index (χ3n) is 4.31. The molecular formula is C24H17ClN4O. The minimum Gasteiger partial charge on any atom is -0.322 e. The number of carbonyl (C=O) groups is 1. The average Bonchev–Trinajstić information content (AvgIpc) is 3.24. The molecule has 0 bridgehead atoms. The Hall–Kier alpha value is -3.88. The first kappa shape index (κ1) is 19.4. The van der Waals surface area contributed by atoms with Crippen LogP contribution in [0.5, 0.6) is 0 Å². The van der Waals surface area contributed by atoms with Gasteiger partial charge in [0.2, 0.25) is 0 Å². The molecule has 0 aliphatic heterocycles. The number of hydrogen-bond acceptors (Lipinski definition) is 3. The molecule has 5 nitrogen and oxygen atoms in total. The summed E-state index contributed by atoms with van der Waals surface area (Å²) in [5.74, 6) is 5.82. The molecule has 0 saturated heterocycles. The number of carbonyl (C=O) groups excluding carboxylic acids is 1. The van der Waals surface area contributed by atoms with Crippen LogP contribution in [0.1, 0.15) is 27.2 Å². The Morgan fingerprint density at radius 1 is 1.03 bits per heavy atom. The lowest BCUT2D eigenvalue weighted by Crippen LogP contribution is -2.11. The molecule has 0 radical (unpaired) electrons. The zero-order chi connectivity index (χ0) is 20.8. The number of nitrogens with zero attached hydrogens (tertiary/aromatic N) is 3. The summed E-state index contributed by atoms with van der Waals surface area (Å²) in [7, 11) is 0. The number of nitrogens with one attached hydrogen (secondary N) is 1. The van der Waals surface area contributed by atoms with E-state index in [1.165, 1.54) is 6.20 Å². The van der Waals surface area contributed by atoms with E-state index in [1.54, 1.807) is 17.1 Å². The van der Waals surface area contributed by atoms with Gasteiger partial charge >= 0.3 is 0 Å². The Morgan fingerprint density at radius 3 is 2.73 bits per heavy atom. The fraction of sp³-hybridized carbons (Fsp3) is 0.0417.